The molecule has 0 saturated heterocycles. The third kappa shape index (κ3) is 9.86. The number of anilines is 2. The number of phenolic OH excluding ortho intramolecular Hbond substituents is 2. The summed E-state index contributed by atoms with van der Waals surface area (Å²) in [7, 11) is 0. The summed E-state index contributed by atoms with van der Waals surface area (Å²) in [5.41, 5.74) is 4.41. The maximum Gasteiger partial charge on any atom is 0.262 e. The van der Waals surface area contributed by atoms with Crippen molar-refractivity contribution in [3.63, 3.8) is 0 Å². The molecule has 10 heteroatoms. The van der Waals surface area contributed by atoms with Gasteiger partial charge in [0.1, 0.15) is 11.5 Å². The fourth-order valence-electron chi connectivity index (χ4n) is 7.69. The molecule has 0 spiro atoms. The van der Waals surface area contributed by atoms with E-state index in [2.05, 4.69) is 58.8 Å². The standard InChI is InChI=1S/C51H54N2O8/c1-31-23-38-36-15-10-8-13-32(36)25-44(48(38)56)60-29-46(54)52-34-17-19-40(50(2,3)4)42(27-34)58-21-12-22-59-43-28-35(18-20-41(43)51(5,6)7)53-47(55)30-61-45-26-33-14-9-11-16-37(33)39(24-31)49(45)57/h8-11,13-20,25-28,56-57H,1,12,21-24,29-30H2,2-7H3,(H,52,54)(H,53,55). The average Bonchev–Trinajstić information content (AvgIpc) is 3.20. The summed E-state index contributed by atoms with van der Waals surface area (Å²) in [5.74, 6) is 0.569. The number of rotatable bonds is 0. The van der Waals surface area contributed by atoms with Gasteiger partial charge >= 0.3 is 0 Å². The van der Waals surface area contributed by atoms with Gasteiger partial charge in [0.25, 0.3) is 11.8 Å². The van der Waals surface area contributed by atoms with E-state index < -0.39 is 11.8 Å². The van der Waals surface area contributed by atoms with Crippen LogP contribution >= 0.6 is 0 Å². The van der Waals surface area contributed by atoms with Gasteiger partial charge in [-0.15, -0.1) is 0 Å². The minimum atomic E-state index is -0.410. The molecule has 8 bridgehead atoms. The number of nitrogens with one attached hydrogen (secondary N) is 2. The third-order valence-corrected chi connectivity index (χ3v) is 10.7. The number of carbonyl (C=O) groups is 2. The van der Waals surface area contributed by atoms with Gasteiger partial charge in [0, 0.05) is 41.1 Å². The van der Waals surface area contributed by atoms with Crippen molar-refractivity contribution in [1.82, 2.24) is 0 Å². The van der Waals surface area contributed by atoms with Crippen LogP contribution in [0.2, 0.25) is 0 Å². The highest BCUT2D eigenvalue weighted by atomic mass is 16.5. The van der Waals surface area contributed by atoms with Crippen molar-refractivity contribution in [2.75, 3.05) is 37.1 Å². The highest BCUT2D eigenvalue weighted by Crippen LogP contribution is 2.42. The number of phenols is 2. The molecule has 0 saturated carbocycles. The Balaban J connectivity index is 1.24. The maximum atomic E-state index is 13.4. The number of fused-ring (bicyclic) bond motifs is 12. The van der Waals surface area contributed by atoms with Crippen molar-refractivity contribution in [2.45, 2.75) is 71.6 Å². The van der Waals surface area contributed by atoms with Gasteiger partial charge in [0.15, 0.2) is 36.2 Å². The fourth-order valence-corrected chi connectivity index (χ4v) is 7.69. The Morgan fingerprint density at radius 3 is 1.36 bits per heavy atom. The maximum absolute atomic E-state index is 13.4. The van der Waals surface area contributed by atoms with Crippen LogP contribution < -0.4 is 29.6 Å². The molecule has 7 rings (SSSR count). The first-order valence-electron chi connectivity index (χ1n) is 20.6. The molecule has 0 aromatic heterocycles. The van der Waals surface area contributed by atoms with E-state index in [9.17, 15) is 19.8 Å². The van der Waals surface area contributed by atoms with Crippen molar-refractivity contribution in [2.24, 2.45) is 0 Å². The second-order valence-electron chi connectivity index (χ2n) is 17.6. The van der Waals surface area contributed by atoms with E-state index in [1.54, 1.807) is 12.1 Å². The highest BCUT2D eigenvalue weighted by molar-refractivity contribution is 5.95. The summed E-state index contributed by atoms with van der Waals surface area (Å²) < 4.78 is 24.7. The zero-order valence-electron chi connectivity index (χ0n) is 35.7. The lowest BCUT2D eigenvalue weighted by atomic mass is 9.86. The number of carbonyl (C=O) groups excluding carboxylic acids is 2. The van der Waals surface area contributed by atoms with Gasteiger partial charge in [-0.2, -0.15) is 0 Å². The molecule has 6 aromatic carbocycles. The van der Waals surface area contributed by atoms with Crippen molar-refractivity contribution in [1.29, 1.82) is 0 Å². The normalized spacial score (nSPS) is 15.0. The van der Waals surface area contributed by atoms with Gasteiger partial charge in [0.05, 0.1) is 13.2 Å². The van der Waals surface area contributed by atoms with Crippen molar-refractivity contribution < 1.29 is 38.7 Å². The molecule has 0 radical (unpaired) electrons. The molecule has 6 aromatic rings. The van der Waals surface area contributed by atoms with Crippen LogP contribution in [-0.4, -0.2) is 48.5 Å². The van der Waals surface area contributed by atoms with Crippen LogP contribution in [0.15, 0.2) is 109 Å². The lowest BCUT2D eigenvalue weighted by molar-refractivity contribution is -0.118. The Morgan fingerprint density at radius 2 is 0.951 bits per heavy atom. The molecular formula is C51H54N2O8. The second kappa shape index (κ2) is 17.5. The van der Waals surface area contributed by atoms with Gasteiger partial charge in [-0.3, -0.25) is 9.59 Å². The largest absolute Gasteiger partial charge is 0.504 e. The molecule has 4 N–H and O–H groups in total. The van der Waals surface area contributed by atoms with E-state index in [0.717, 1.165) is 32.7 Å². The summed E-state index contributed by atoms with van der Waals surface area (Å²) in [6.45, 7) is 17.0. The fraction of sp³-hybridized carbons (Fsp3) is 0.294. The first-order valence-corrected chi connectivity index (χ1v) is 20.6. The molecule has 1 aliphatic heterocycles. The number of amides is 2. The quantitative estimate of drug-likeness (QED) is 0.111. The molecule has 1 aliphatic rings. The Labute approximate surface area is 357 Å². The third-order valence-electron chi connectivity index (χ3n) is 10.7. The smallest absolute Gasteiger partial charge is 0.262 e. The number of ether oxygens (including phenoxy) is 4. The predicted molar refractivity (Wildman–Crippen MR) is 242 cm³/mol. The van der Waals surface area contributed by atoms with Gasteiger partial charge in [-0.05, 0) is 80.6 Å². The molecule has 2 amide bonds. The van der Waals surface area contributed by atoms with E-state index in [-0.39, 0.29) is 59.9 Å². The van der Waals surface area contributed by atoms with Crippen LogP contribution in [0.1, 0.15) is 70.2 Å². The molecule has 0 aliphatic carbocycles. The predicted octanol–water partition coefficient (Wildman–Crippen LogP) is 10.5. The molecule has 61 heavy (non-hydrogen) atoms. The minimum Gasteiger partial charge on any atom is -0.504 e. The van der Waals surface area contributed by atoms with Gasteiger partial charge in [-0.1, -0.05) is 114 Å². The summed E-state index contributed by atoms with van der Waals surface area (Å²) in [4.78, 5) is 26.7. The first-order chi connectivity index (χ1) is 29.0. The average molecular weight is 823 g/mol. The Bertz CT molecular complexity index is 2460. The number of hydrogen-bond donors (Lipinski definition) is 4. The van der Waals surface area contributed by atoms with E-state index in [0.29, 0.717) is 59.2 Å². The van der Waals surface area contributed by atoms with Crippen molar-refractivity contribution >= 4 is 44.7 Å². The molecule has 1 heterocycles. The number of allylic oxidation sites excluding steroid dienone is 1. The second-order valence-corrected chi connectivity index (χ2v) is 17.6. The summed E-state index contributed by atoms with van der Waals surface area (Å²) in [5, 5.41) is 32.4. The van der Waals surface area contributed by atoms with Crippen LogP contribution in [0.3, 0.4) is 0 Å². The molecule has 0 atom stereocenters. The molecule has 0 unspecified atom stereocenters. The van der Waals surface area contributed by atoms with Gasteiger partial charge in [-0.25, -0.2) is 0 Å². The Hall–Kier alpha value is -6.68. The molecule has 10 nitrogen and oxygen atoms in total. The van der Waals surface area contributed by atoms with Crippen LogP contribution in [0.5, 0.6) is 34.5 Å². The summed E-state index contributed by atoms with van der Waals surface area (Å²) in [6, 6.07) is 29.9. The molecule has 316 valence electrons. The van der Waals surface area contributed by atoms with Gasteiger partial charge in [0.2, 0.25) is 0 Å². The van der Waals surface area contributed by atoms with Crippen LogP contribution in [0.4, 0.5) is 11.4 Å². The minimum absolute atomic E-state index is 0.104. The topological polar surface area (TPSA) is 136 Å². The summed E-state index contributed by atoms with van der Waals surface area (Å²) in [6.07, 6.45) is 1.03. The number of aromatic hydroxyl groups is 2. The van der Waals surface area contributed by atoms with Gasteiger partial charge < -0.3 is 39.8 Å². The zero-order valence-corrected chi connectivity index (χ0v) is 35.7. The zero-order chi connectivity index (χ0) is 43.5. The SMILES string of the molecule is C=C1Cc2c(O)c(cc3ccccc23)OCC(=O)Nc2ccc(C(C)(C)C)c(c2)OCCCOc2cc(ccc2C(C)(C)C)NC(=O)COc2cc3ccccc3c(c2O)C1. The lowest BCUT2D eigenvalue weighted by Crippen LogP contribution is -2.21. The highest BCUT2D eigenvalue weighted by Gasteiger charge is 2.24. The van der Waals surface area contributed by atoms with Crippen molar-refractivity contribution in [3.8, 4) is 34.5 Å². The molecular weight excluding hydrogens is 769 g/mol. The molecule has 0 fully saturated rings. The monoisotopic (exact) mass is 822 g/mol. The van der Waals surface area contributed by atoms with Crippen molar-refractivity contribution in [3.05, 3.63) is 131 Å². The number of benzene rings is 6. The summed E-state index contributed by atoms with van der Waals surface area (Å²) >= 11 is 0. The van der Waals surface area contributed by atoms with E-state index in [4.69, 9.17) is 18.9 Å². The van der Waals surface area contributed by atoms with E-state index >= 15 is 0 Å². The Morgan fingerprint density at radius 1 is 0.541 bits per heavy atom. The lowest BCUT2D eigenvalue weighted by Gasteiger charge is -2.24. The van der Waals surface area contributed by atoms with E-state index in [1.165, 1.54) is 0 Å². The Kier molecular flexibility index (Phi) is 12.2. The van der Waals surface area contributed by atoms with Crippen LogP contribution in [0, 0.1) is 0 Å². The van der Waals surface area contributed by atoms with Crippen LogP contribution in [0.25, 0.3) is 21.5 Å². The van der Waals surface area contributed by atoms with E-state index in [1.807, 2.05) is 84.9 Å². The first kappa shape index (κ1) is 42.4. The number of hydrogen-bond acceptors (Lipinski definition) is 8. The van der Waals surface area contributed by atoms with Crippen LogP contribution in [-0.2, 0) is 33.3 Å².